The predicted octanol–water partition coefficient (Wildman–Crippen LogP) is 2.99. The largest absolute Gasteiger partial charge is 0.496 e. The number of thiazole rings is 1. The van der Waals surface area contributed by atoms with E-state index >= 15 is 0 Å². The van der Waals surface area contributed by atoms with Crippen LogP contribution in [0.25, 0.3) is 0 Å². The average molecular weight is 305 g/mol. The zero-order chi connectivity index (χ0) is 15.4. The first-order valence-electron chi connectivity index (χ1n) is 7.08. The second-order valence-electron chi connectivity index (χ2n) is 5.19. The summed E-state index contributed by atoms with van der Waals surface area (Å²) < 4.78 is 5.42. The Hall–Kier alpha value is -1.59. The number of ether oxygens (including phenoxy) is 1. The molecule has 1 unspecified atom stereocenters. The highest BCUT2D eigenvalue weighted by molar-refractivity contribution is 7.15. The van der Waals surface area contributed by atoms with E-state index in [-0.39, 0.29) is 0 Å². The molecule has 0 saturated carbocycles. The molecule has 0 saturated heterocycles. The van der Waals surface area contributed by atoms with Crippen LogP contribution in [0.15, 0.2) is 24.3 Å². The maximum atomic E-state index is 5.74. The van der Waals surface area contributed by atoms with Gasteiger partial charge in [0.2, 0.25) is 0 Å². The van der Waals surface area contributed by atoms with E-state index in [2.05, 4.69) is 29.9 Å². The molecule has 0 aliphatic carbocycles. The Bertz CT molecular complexity index is 597. The Kier molecular flexibility index (Phi) is 5.20. The van der Waals surface area contributed by atoms with Gasteiger partial charge in [-0.2, -0.15) is 0 Å². The van der Waals surface area contributed by atoms with Gasteiger partial charge in [0.05, 0.1) is 12.8 Å². The summed E-state index contributed by atoms with van der Waals surface area (Å²) in [7, 11) is 3.80. The molecule has 0 spiro atoms. The fourth-order valence-corrected chi connectivity index (χ4v) is 3.27. The summed E-state index contributed by atoms with van der Waals surface area (Å²) in [4.78, 5) is 7.99. The lowest BCUT2D eigenvalue weighted by molar-refractivity contribution is 0.408. The number of aromatic nitrogens is 1. The topological polar surface area (TPSA) is 51.4 Å². The lowest BCUT2D eigenvalue weighted by Crippen LogP contribution is -2.30. The molecule has 114 valence electrons. The number of hydrogen-bond acceptors (Lipinski definition) is 5. The van der Waals surface area contributed by atoms with Crippen molar-refractivity contribution < 1.29 is 4.74 Å². The zero-order valence-electron chi connectivity index (χ0n) is 13.1. The molecule has 2 rings (SSSR count). The molecular weight excluding hydrogens is 282 g/mol. The summed E-state index contributed by atoms with van der Waals surface area (Å²) in [6, 6.07) is 8.49. The van der Waals surface area contributed by atoms with E-state index in [1.807, 2.05) is 25.1 Å². The zero-order valence-corrected chi connectivity index (χ0v) is 13.9. The van der Waals surface area contributed by atoms with Crippen molar-refractivity contribution in [3.8, 4) is 5.75 Å². The summed E-state index contributed by atoms with van der Waals surface area (Å²) in [5.41, 5.74) is 7.99. The minimum atomic E-state index is 0.331. The molecule has 1 aromatic heterocycles. The minimum Gasteiger partial charge on any atom is -0.496 e. The van der Waals surface area contributed by atoms with Crippen LogP contribution in [0, 0.1) is 6.92 Å². The number of likely N-dealkylation sites (N-methyl/N-ethyl adjacent to an activating group) is 1. The van der Waals surface area contributed by atoms with Crippen LogP contribution in [0.4, 0.5) is 5.13 Å². The molecule has 0 bridgehead atoms. The quantitative estimate of drug-likeness (QED) is 0.891. The van der Waals surface area contributed by atoms with Gasteiger partial charge in [0.15, 0.2) is 5.13 Å². The summed E-state index contributed by atoms with van der Waals surface area (Å²) in [6.45, 7) is 4.77. The fraction of sp³-hybridized carbons (Fsp3) is 0.438. The number of hydrogen-bond donors (Lipinski definition) is 1. The first-order valence-corrected chi connectivity index (χ1v) is 7.89. The van der Waals surface area contributed by atoms with Gasteiger partial charge in [0.1, 0.15) is 5.75 Å². The van der Waals surface area contributed by atoms with Gasteiger partial charge in [0, 0.05) is 24.5 Å². The van der Waals surface area contributed by atoms with Crippen molar-refractivity contribution in [2.75, 3.05) is 19.1 Å². The summed E-state index contributed by atoms with van der Waals surface area (Å²) in [5.74, 6) is 0.940. The highest BCUT2D eigenvalue weighted by Gasteiger charge is 2.17. The molecule has 21 heavy (non-hydrogen) atoms. The van der Waals surface area contributed by atoms with Crippen LogP contribution in [-0.4, -0.2) is 25.2 Å². The van der Waals surface area contributed by atoms with Gasteiger partial charge in [0.25, 0.3) is 0 Å². The second kappa shape index (κ2) is 6.91. The Morgan fingerprint density at radius 2 is 2.10 bits per heavy atom. The highest BCUT2D eigenvalue weighted by atomic mass is 32.1. The van der Waals surface area contributed by atoms with Crippen molar-refractivity contribution in [1.82, 2.24) is 4.98 Å². The van der Waals surface area contributed by atoms with E-state index in [1.165, 1.54) is 5.56 Å². The molecule has 0 aliphatic heterocycles. The fourth-order valence-electron chi connectivity index (χ4n) is 2.27. The normalized spacial score (nSPS) is 12.2. The SMILES string of the molecule is COc1ccccc1CC(C)N(C)c1nc(C)c(CN)s1. The van der Waals surface area contributed by atoms with Crippen molar-refractivity contribution in [3.05, 3.63) is 40.4 Å². The lowest BCUT2D eigenvalue weighted by Gasteiger charge is -2.25. The Morgan fingerprint density at radius 3 is 2.71 bits per heavy atom. The van der Waals surface area contributed by atoms with E-state index < -0.39 is 0 Å². The number of benzene rings is 1. The average Bonchev–Trinajstić information content (AvgIpc) is 2.88. The second-order valence-corrected chi connectivity index (χ2v) is 6.25. The molecule has 5 heteroatoms. The molecule has 0 aliphatic rings. The molecule has 0 fully saturated rings. The third-order valence-electron chi connectivity index (χ3n) is 3.74. The van der Waals surface area contributed by atoms with Crippen LogP contribution in [0.5, 0.6) is 5.75 Å². The molecule has 2 aromatic rings. The number of nitrogens with zero attached hydrogens (tertiary/aromatic N) is 2. The van der Waals surface area contributed by atoms with Crippen molar-refractivity contribution in [2.24, 2.45) is 5.73 Å². The van der Waals surface area contributed by atoms with Crippen molar-refractivity contribution in [3.63, 3.8) is 0 Å². The number of nitrogens with two attached hydrogens (primary N) is 1. The summed E-state index contributed by atoms with van der Waals surface area (Å²) >= 11 is 1.68. The molecule has 2 N–H and O–H groups in total. The van der Waals surface area contributed by atoms with Gasteiger partial charge in [-0.15, -0.1) is 11.3 Å². The molecule has 1 atom stereocenters. The third kappa shape index (κ3) is 3.54. The van der Waals surface area contributed by atoms with Crippen LogP contribution >= 0.6 is 11.3 Å². The Balaban J connectivity index is 2.13. The van der Waals surface area contributed by atoms with Gasteiger partial charge in [-0.1, -0.05) is 18.2 Å². The van der Waals surface area contributed by atoms with Crippen LogP contribution < -0.4 is 15.4 Å². The van der Waals surface area contributed by atoms with Crippen molar-refractivity contribution >= 4 is 16.5 Å². The molecule has 0 amide bonds. The standard InChI is InChI=1S/C16H23N3OS/c1-11(9-13-7-5-6-8-14(13)20-4)19(3)16-18-12(2)15(10-17)21-16/h5-8,11H,9-10,17H2,1-4H3. The number of aryl methyl sites for hydroxylation is 1. The smallest absolute Gasteiger partial charge is 0.185 e. The third-order valence-corrected chi connectivity index (χ3v) is 5.01. The molecular formula is C16H23N3OS. The Morgan fingerprint density at radius 1 is 1.38 bits per heavy atom. The van der Waals surface area contributed by atoms with Gasteiger partial charge in [-0.3, -0.25) is 0 Å². The molecule has 1 aromatic carbocycles. The van der Waals surface area contributed by atoms with Crippen LogP contribution in [-0.2, 0) is 13.0 Å². The molecule has 0 radical (unpaired) electrons. The first kappa shape index (κ1) is 15.8. The monoisotopic (exact) mass is 305 g/mol. The number of rotatable bonds is 6. The summed E-state index contributed by atoms with van der Waals surface area (Å²) in [6.07, 6.45) is 0.914. The number of methoxy groups -OCH3 is 1. The Labute approximate surface area is 130 Å². The van der Waals surface area contributed by atoms with Gasteiger partial charge < -0.3 is 15.4 Å². The highest BCUT2D eigenvalue weighted by Crippen LogP contribution is 2.28. The van der Waals surface area contributed by atoms with Crippen LogP contribution in [0.3, 0.4) is 0 Å². The van der Waals surface area contributed by atoms with Gasteiger partial charge in [-0.05, 0) is 31.9 Å². The number of para-hydroxylation sites is 1. The van der Waals surface area contributed by atoms with Gasteiger partial charge >= 0.3 is 0 Å². The van der Waals surface area contributed by atoms with Crippen LogP contribution in [0.1, 0.15) is 23.1 Å². The maximum Gasteiger partial charge on any atom is 0.185 e. The lowest BCUT2D eigenvalue weighted by atomic mass is 10.1. The predicted molar refractivity (Wildman–Crippen MR) is 89.3 cm³/mol. The van der Waals surface area contributed by atoms with E-state index in [9.17, 15) is 0 Å². The van der Waals surface area contributed by atoms with Crippen LogP contribution in [0.2, 0.25) is 0 Å². The maximum absolute atomic E-state index is 5.74. The first-order chi connectivity index (χ1) is 10.1. The summed E-state index contributed by atoms with van der Waals surface area (Å²) in [5, 5.41) is 1.02. The number of anilines is 1. The minimum absolute atomic E-state index is 0.331. The van der Waals surface area contributed by atoms with E-state index in [0.717, 1.165) is 27.9 Å². The van der Waals surface area contributed by atoms with E-state index in [1.54, 1.807) is 18.4 Å². The van der Waals surface area contributed by atoms with Crippen molar-refractivity contribution in [1.29, 1.82) is 0 Å². The van der Waals surface area contributed by atoms with Gasteiger partial charge in [-0.25, -0.2) is 4.98 Å². The van der Waals surface area contributed by atoms with E-state index in [4.69, 9.17) is 10.5 Å². The van der Waals surface area contributed by atoms with Crippen molar-refractivity contribution in [2.45, 2.75) is 32.9 Å². The van der Waals surface area contributed by atoms with E-state index in [0.29, 0.717) is 12.6 Å². The molecule has 4 nitrogen and oxygen atoms in total. The molecule has 1 heterocycles.